The van der Waals surface area contributed by atoms with Gasteiger partial charge >= 0.3 is 6.18 Å². The van der Waals surface area contributed by atoms with Gasteiger partial charge in [-0.3, -0.25) is 9.78 Å². The highest BCUT2D eigenvalue weighted by molar-refractivity contribution is 5.79. The lowest BCUT2D eigenvalue weighted by molar-refractivity contribution is -0.164. The van der Waals surface area contributed by atoms with Gasteiger partial charge in [-0.15, -0.1) is 0 Å². The Labute approximate surface area is 115 Å². The first-order valence-corrected chi connectivity index (χ1v) is 5.69. The first-order valence-electron chi connectivity index (χ1n) is 5.69. The molecular formula is C13H8F5NO2. The van der Waals surface area contributed by atoms with E-state index in [1.165, 1.54) is 0 Å². The summed E-state index contributed by atoms with van der Waals surface area (Å²) >= 11 is 0. The standard InChI is InChI=1S/C13H8F5NO2/c14-10-2-7-1-8(4-19-12(7)3-11(10)15)9(5-21-6-20)13(16,17)18/h1-4,6,9H,5H2. The minimum Gasteiger partial charge on any atom is -0.467 e. The Hall–Kier alpha value is -2.25. The maximum atomic E-state index is 13.1. The molecule has 21 heavy (non-hydrogen) atoms. The summed E-state index contributed by atoms with van der Waals surface area (Å²) in [6, 6.07) is 2.59. The normalized spacial score (nSPS) is 13.2. The van der Waals surface area contributed by atoms with Crippen LogP contribution in [0.15, 0.2) is 24.4 Å². The Morgan fingerprint density at radius 1 is 1.19 bits per heavy atom. The molecule has 1 atom stereocenters. The molecule has 1 heterocycles. The molecule has 0 saturated carbocycles. The van der Waals surface area contributed by atoms with Crippen molar-refractivity contribution in [3.8, 4) is 0 Å². The van der Waals surface area contributed by atoms with Crippen molar-refractivity contribution < 1.29 is 31.5 Å². The number of hydrogen-bond acceptors (Lipinski definition) is 3. The molecule has 1 aromatic heterocycles. The highest BCUT2D eigenvalue weighted by atomic mass is 19.4. The SMILES string of the molecule is O=COCC(c1cnc2cc(F)c(F)cc2c1)C(F)(F)F. The highest BCUT2D eigenvalue weighted by Gasteiger charge is 2.41. The fourth-order valence-electron chi connectivity index (χ4n) is 1.85. The molecule has 112 valence electrons. The monoisotopic (exact) mass is 305 g/mol. The van der Waals surface area contributed by atoms with E-state index in [4.69, 9.17) is 0 Å². The number of hydrogen-bond donors (Lipinski definition) is 0. The van der Waals surface area contributed by atoms with Gasteiger partial charge < -0.3 is 4.74 Å². The molecule has 1 aromatic carbocycles. The summed E-state index contributed by atoms with van der Waals surface area (Å²) in [5, 5.41) is 0.0201. The van der Waals surface area contributed by atoms with E-state index < -0.39 is 30.3 Å². The molecule has 0 aliphatic carbocycles. The first kappa shape index (κ1) is 15.1. The fourth-order valence-corrected chi connectivity index (χ4v) is 1.85. The zero-order chi connectivity index (χ0) is 15.6. The lowest BCUT2D eigenvalue weighted by Gasteiger charge is -2.19. The van der Waals surface area contributed by atoms with Gasteiger partial charge in [0.1, 0.15) is 12.5 Å². The van der Waals surface area contributed by atoms with Gasteiger partial charge in [0.15, 0.2) is 11.6 Å². The number of pyridine rings is 1. The molecule has 0 aliphatic heterocycles. The molecule has 3 nitrogen and oxygen atoms in total. The number of aromatic nitrogens is 1. The predicted octanol–water partition coefficient (Wildman–Crippen LogP) is 3.33. The Kier molecular flexibility index (Phi) is 4.06. The van der Waals surface area contributed by atoms with Crippen LogP contribution in [0.3, 0.4) is 0 Å². The van der Waals surface area contributed by atoms with Crippen LogP contribution in [0.1, 0.15) is 11.5 Å². The average Bonchev–Trinajstić information content (AvgIpc) is 2.39. The molecule has 8 heteroatoms. The van der Waals surface area contributed by atoms with Gasteiger partial charge in [-0.2, -0.15) is 13.2 Å². The molecule has 0 amide bonds. The fraction of sp³-hybridized carbons (Fsp3) is 0.231. The van der Waals surface area contributed by atoms with Gasteiger partial charge in [0, 0.05) is 17.6 Å². The maximum absolute atomic E-state index is 13.1. The first-order chi connectivity index (χ1) is 9.82. The number of nitrogens with zero attached hydrogens (tertiary/aromatic N) is 1. The number of fused-ring (bicyclic) bond motifs is 1. The zero-order valence-corrected chi connectivity index (χ0v) is 10.3. The zero-order valence-electron chi connectivity index (χ0n) is 10.3. The van der Waals surface area contributed by atoms with E-state index in [2.05, 4.69) is 9.72 Å². The van der Waals surface area contributed by atoms with Crippen LogP contribution in [0.4, 0.5) is 22.0 Å². The minimum absolute atomic E-state index is 0.0201. The third kappa shape index (κ3) is 3.26. The second kappa shape index (κ2) is 5.63. The number of carbonyl (C=O) groups is 1. The summed E-state index contributed by atoms with van der Waals surface area (Å²) < 4.78 is 69.0. The largest absolute Gasteiger partial charge is 0.467 e. The second-order valence-electron chi connectivity index (χ2n) is 4.25. The van der Waals surface area contributed by atoms with Crippen molar-refractivity contribution >= 4 is 17.4 Å². The van der Waals surface area contributed by atoms with Crippen LogP contribution in [-0.2, 0) is 9.53 Å². The van der Waals surface area contributed by atoms with Crippen LogP contribution in [-0.4, -0.2) is 24.2 Å². The summed E-state index contributed by atoms with van der Waals surface area (Å²) in [7, 11) is 0. The number of rotatable bonds is 4. The summed E-state index contributed by atoms with van der Waals surface area (Å²) in [6.45, 7) is -1.01. The number of benzene rings is 1. The van der Waals surface area contributed by atoms with Gasteiger partial charge in [0.2, 0.25) is 0 Å². The van der Waals surface area contributed by atoms with E-state index in [9.17, 15) is 26.7 Å². The Bertz CT molecular complexity index is 671. The Balaban J connectivity index is 2.48. The highest BCUT2D eigenvalue weighted by Crippen LogP contribution is 2.35. The van der Waals surface area contributed by atoms with E-state index in [-0.39, 0.29) is 22.9 Å². The molecule has 0 spiro atoms. The van der Waals surface area contributed by atoms with Crippen LogP contribution in [0.5, 0.6) is 0 Å². The van der Waals surface area contributed by atoms with Crippen molar-refractivity contribution in [2.75, 3.05) is 6.61 Å². The van der Waals surface area contributed by atoms with E-state index in [0.717, 1.165) is 24.4 Å². The molecule has 0 aliphatic rings. The van der Waals surface area contributed by atoms with Gasteiger partial charge in [0.05, 0.1) is 5.52 Å². The summed E-state index contributed by atoms with van der Waals surface area (Å²) in [5.74, 6) is -4.42. The molecule has 0 fully saturated rings. The molecule has 0 bridgehead atoms. The van der Waals surface area contributed by atoms with Crippen LogP contribution >= 0.6 is 0 Å². The Morgan fingerprint density at radius 2 is 1.86 bits per heavy atom. The van der Waals surface area contributed by atoms with Crippen molar-refractivity contribution in [2.24, 2.45) is 0 Å². The molecule has 0 radical (unpaired) electrons. The summed E-state index contributed by atoms with van der Waals surface area (Å²) in [6.07, 6.45) is -3.77. The molecule has 2 rings (SSSR count). The van der Waals surface area contributed by atoms with Crippen molar-refractivity contribution in [1.82, 2.24) is 4.98 Å². The summed E-state index contributed by atoms with van der Waals surface area (Å²) in [5.41, 5.74) is -0.280. The van der Waals surface area contributed by atoms with Gasteiger partial charge in [0.25, 0.3) is 6.47 Å². The minimum atomic E-state index is -4.67. The third-order valence-electron chi connectivity index (χ3n) is 2.87. The Morgan fingerprint density at radius 3 is 2.48 bits per heavy atom. The topological polar surface area (TPSA) is 39.2 Å². The van der Waals surface area contributed by atoms with Gasteiger partial charge in [-0.05, 0) is 17.7 Å². The van der Waals surface area contributed by atoms with Crippen LogP contribution in [0, 0.1) is 11.6 Å². The van der Waals surface area contributed by atoms with E-state index >= 15 is 0 Å². The van der Waals surface area contributed by atoms with Crippen LogP contribution < -0.4 is 0 Å². The van der Waals surface area contributed by atoms with E-state index in [0.29, 0.717) is 0 Å². The van der Waals surface area contributed by atoms with Crippen molar-refractivity contribution in [2.45, 2.75) is 12.1 Å². The number of halogens is 5. The quantitative estimate of drug-likeness (QED) is 0.642. The molecule has 2 aromatic rings. The predicted molar refractivity (Wildman–Crippen MR) is 62.5 cm³/mol. The smallest absolute Gasteiger partial charge is 0.399 e. The van der Waals surface area contributed by atoms with E-state index in [1.807, 2.05) is 0 Å². The third-order valence-corrected chi connectivity index (χ3v) is 2.87. The number of alkyl halides is 3. The van der Waals surface area contributed by atoms with Crippen LogP contribution in [0.25, 0.3) is 10.9 Å². The van der Waals surface area contributed by atoms with Crippen molar-refractivity contribution in [1.29, 1.82) is 0 Å². The lowest BCUT2D eigenvalue weighted by atomic mass is 9.99. The maximum Gasteiger partial charge on any atom is 0.399 e. The van der Waals surface area contributed by atoms with Crippen molar-refractivity contribution in [3.63, 3.8) is 0 Å². The number of carbonyl (C=O) groups excluding carboxylic acids is 1. The van der Waals surface area contributed by atoms with Crippen molar-refractivity contribution in [3.05, 3.63) is 41.6 Å². The molecule has 0 N–H and O–H groups in total. The van der Waals surface area contributed by atoms with Gasteiger partial charge in [-0.1, -0.05) is 0 Å². The van der Waals surface area contributed by atoms with Crippen LogP contribution in [0.2, 0.25) is 0 Å². The van der Waals surface area contributed by atoms with E-state index in [1.54, 1.807) is 0 Å². The number of ether oxygens (including phenoxy) is 1. The second-order valence-corrected chi connectivity index (χ2v) is 4.25. The summed E-state index contributed by atoms with van der Waals surface area (Å²) in [4.78, 5) is 13.7. The van der Waals surface area contributed by atoms with Gasteiger partial charge in [-0.25, -0.2) is 8.78 Å². The molecular weight excluding hydrogens is 297 g/mol. The molecule has 1 unspecified atom stereocenters. The average molecular weight is 305 g/mol. The molecule has 0 saturated heterocycles. The lowest BCUT2D eigenvalue weighted by Crippen LogP contribution is -2.25.